The number of rotatable bonds is 3. The molecular formula is C11H11NO3. The lowest BCUT2D eigenvalue weighted by Gasteiger charge is -1.99. The number of ether oxygens (including phenoxy) is 2. The van der Waals surface area contributed by atoms with Crippen molar-refractivity contribution in [1.29, 1.82) is 0 Å². The van der Waals surface area contributed by atoms with Crippen molar-refractivity contribution in [3.63, 3.8) is 0 Å². The third-order valence-electron chi connectivity index (χ3n) is 2.15. The van der Waals surface area contributed by atoms with Gasteiger partial charge in [0.1, 0.15) is 6.61 Å². The fourth-order valence-electron chi connectivity index (χ4n) is 1.42. The Morgan fingerprint density at radius 2 is 2.47 bits per heavy atom. The first-order valence-corrected chi connectivity index (χ1v) is 4.76. The van der Waals surface area contributed by atoms with E-state index in [1.54, 1.807) is 12.1 Å². The number of carbonyl (C=O) groups is 1. The highest BCUT2D eigenvalue weighted by molar-refractivity contribution is 5.95. The lowest BCUT2D eigenvalue weighted by molar-refractivity contribution is 0.0535. The fraction of sp³-hybridized carbons (Fsp3) is 0.273. The fourth-order valence-corrected chi connectivity index (χ4v) is 1.42. The van der Waals surface area contributed by atoms with E-state index in [4.69, 9.17) is 9.47 Å². The molecule has 1 aromatic rings. The van der Waals surface area contributed by atoms with Crippen LogP contribution >= 0.6 is 0 Å². The van der Waals surface area contributed by atoms with Crippen molar-refractivity contribution in [1.82, 2.24) is 0 Å². The minimum absolute atomic E-state index is 0.279. The van der Waals surface area contributed by atoms with Crippen LogP contribution in [-0.2, 0) is 16.1 Å². The maximum Gasteiger partial charge on any atom is 0.338 e. The van der Waals surface area contributed by atoms with Crippen LogP contribution in [0, 0.1) is 0 Å². The molecule has 0 fully saturated rings. The predicted octanol–water partition coefficient (Wildman–Crippen LogP) is 2.05. The average Bonchev–Trinajstić information content (AvgIpc) is 2.62. The van der Waals surface area contributed by atoms with Gasteiger partial charge in [0.15, 0.2) is 6.40 Å². The second-order valence-corrected chi connectivity index (χ2v) is 3.07. The van der Waals surface area contributed by atoms with E-state index in [0.717, 1.165) is 11.3 Å². The molecule has 15 heavy (non-hydrogen) atoms. The van der Waals surface area contributed by atoms with E-state index in [1.807, 2.05) is 13.0 Å². The van der Waals surface area contributed by atoms with Crippen molar-refractivity contribution in [3.05, 3.63) is 29.3 Å². The summed E-state index contributed by atoms with van der Waals surface area (Å²) in [5.74, 6) is -0.279. The summed E-state index contributed by atoms with van der Waals surface area (Å²) >= 11 is 0. The van der Waals surface area contributed by atoms with E-state index in [-0.39, 0.29) is 5.97 Å². The number of hydrogen-bond donors (Lipinski definition) is 0. The SMILES string of the molecule is CCOC=Nc1cccc2c1COC2=O. The van der Waals surface area contributed by atoms with E-state index in [9.17, 15) is 4.79 Å². The summed E-state index contributed by atoms with van der Waals surface area (Å²) in [5.41, 5.74) is 2.16. The normalized spacial score (nSPS) is 14.1. The molecule has 1 aliphatic heterocycles. The van der Waals surface area contributed by atoms with Crippen molar-refractivity contribution in [2.45, 2.75) is 13.5 Å². The van der Waals surface area contributed by atoms with E-state index < -0.39 is 0 Å². The van der Waals surface area contributed by atoms with Gasteiger partial charge in [0.05, 0.1) is 17.9 Å². The molecule has 0 aliphatic carbocycles. The molecule has 0 bridgehead atoms. The lowest BCUT2D eigenvalue weighted by atomic mass is 10.1. The molecule has 0 saturated heterocycles. The highest BCUT2D eigenvalue weighted by Gasteiger charge is 2.22. The number of benzene rings is 1. The molecule has 0 saturated carbocycles. The lowest BCUT2D eigenvalue weighted by Crippen LogP contribution is -1.92. The van der Waals surface area contributed by atoms with Gasteiger partial charge in [-0.2, -0.15) is 0 Å². The van der Waals surface area contributed by atoms with Gasteiger partial charge in [-0.3, -0.25) is 0 Å². The third-order valence-corrected chi connectivity index (χ3v) is 2.15. The van der Waals surface area contributed by atoms with Crippen molar-refractivity contribution in [3.8, 4) is 0 Å². The zero-order valence-corrected chi connectivity index (χ0v) is 8.40. The number of nitrogens with zero attached hydrogens (tertiary/aromatic N) is 1. The zero-order valence-electron chi connectivity index (χ0n) is 8.40. The Labute approximate surface area is 87.5 Å². The Hall–Kier alpha value is -1.84. The summed E-state index contributed by atoms with van der Waals surface area (Å²) in [6, 6.07) is 5.35. The van der Waals surface area contributed by atoms with Gasteiger partial charge in [-0.1, -0.05) is 6.07 Å². The first-order valence-electron chi connectivity index (χ1n) is 4.76. The van der Waals surface area contributed by atoms with Crippen molar-refractivity contribution < 1.29 is 14.3 Å². The van der Waals surface area contributed by atoms with Crippen LogP contribution in [-0.4, -0.2) is 19.0 Å². The largest absolute Gasteiger partial charge is 0.483 e. The van der Waals surface area contributed by atoms with Crippen LogP contribution in [0.15, 0.2) is 23.2 Å². The van der Waals surface area contributed by atoms with Gasteiger partial charge in [-0.25, -0.2) is 9.79 Å². The maximum atomic E-state index is 11.2. The first-order chi connectivity index (χ1) is 7.33. The maximum absolute atomic E-state index is 11.2. The van der Waals surface area contributed by atoms with Crippen LogP contribution in [0.1, 0.15) is 22.8 Å². The molecule has 1 heterocycles. The van der Waals surface area contributed by atoms with Crippen molar-refractivity contribution >= 4 is 18.1 Å². The number of aliphatic imine (C=N–C) groups is 1. The van der Waals surface area contributed by atoms with Gasteiger partial charge in [-0.15, -0.1) is 0 Å². The highest BCUT2D eigenvalue weighted by Crippen LogP contribution is 2.28. The van der Waals surface area contributed by atoms with Gasteiger partial charge < -0.3 is 9.47 Å². The molecule has 1 aromatic carbocycles. The number of hydrogen-bond acceptors (Lipinski definition) is 4. The summed E-state index contributed by atoms with van der Waals surface area (Å²) in [6.07, 6.45) is 1.39. The molecule has 4 nitrogen and oxygen atoms in total. The summed E-state index contributed by atoms with van der Waals surface area (Å²) in [5, 5.41) is 0. The van der Waals surface area contributed by atoms with Crippen LogP contribution in [0.25, 0.3) is 0 Å². The van der Waals surface area contributed by atoms with Crippen LogP contribution in [0.3, 0.4) is 0 Å². The Morgan fingerprint density at radius 1 is 1.60 bits per heavy atom. The molecular weight excluding hydrogens is 194 g/mol. The van der Waals surface area contributed by atoms with Crippen LogP contribution < -0.4 is 0 Å². The molecule has 0 N–H and O–H groups in total. The molecule has 2 rings (SSSR count). The summed E-state index contributed by atoms with van der Waals surface area (Å²) in [4.78, 5) is 15.4. The first kappa shape index (κ1) is 9.71. The van der Waals surface area contributed by atoms with Gasteiger partial charge in [0.2, 0.25) is 0 Å². The van der Waals surface area contributed by atoms with Crippen molar-refractivity contribution in [2.75, 3.05) is 6.61 Å². The summed E-state index contributed by atoms with van der Waals surface area (Å²) < 4.78 is 9.92. The van der Waals surface area contributed by atoms with Crippen LogP contribution in [0.4, 0.5) is 5.69 Å². The molecule has 0 atom stereocenters. The predicted molar refractivity (Wildman–Crippen MR) is 55.3 cm³/mol. The minimum Gasteiger partial charge on any atom is -0.483 e. The van der Waals surface area contributed by atoms with E-state index in [1.165, 1.54) is 6.40 Å². The number of esters is 1. The van der Waals surface area contributed by atoms with E-state index in [2.05, 4.69) is 4.99 Å². The Balaban J connectivity index is 2.30. The van der Waals surface area contributed by atoms with Gasteiger partial charge in [0, 0.05) is 5.56 Å². The quantitative estimate of drug-likeness (QED) is 0.431. The molecule has 0 unspecified atom stereocenters. The second-order valence-electron chi connectivity index (χ2n) is 3.07. The average molecular weight is 205 g/mol. The summed E-state index contributed by atoms with van der Waals surface area (Å²) in [6.45, 7) is 2.76. The molecule has 4 heteroatoms. The molecule has 0 amide bonds. The third kappa shape index (κ3) is 1.83. The molecule has 78 valence electrons. The minimum atomic E-state index is -0.279. The Bertz CT molecular complexity index is 412. The standard InChI is InChI=1S/C11H11NO3/c1-2-14-7-12-10-5-3-4-8-9(10)6-15-11(8)13/h3-5,7H,2,6H2,1H3. The van der Waals surface area contributed by atoms with Crippen LogP contribution in [0.5, 0.6) is 0 Å². The zero-order chi connectivity index (χ0) is 10.7. The number of fused-ring (bicyclic) bond motifs is 1. The topological polar surface area (TPSA) is 47.9 Å². The van der Waals surface area contributed by atoms with E-state index >= 15 is 0 Å². The molecule has 0 spiro atoms. The molecule has 1 aliphatic rings. The van der Waals surface area contributed by atoms with Gasteiger partial charge >= 0.3 is 5.97 Å². The Morgan fingerprint density at radius 3 is 3.27 bits per heavy atom. The smallest absolute Gasteiger partial charge is 0.338 e. The van der Waals surface area contributed by atoms with Crippen LogP contribution in [0.2, 0.25) is 0 Å². The van der Waals surface area contributed by atoms with Crippen molar-refractivity contribution in [2.24, 2.45) is 4.99 Å². The highest BCUT2D eigenvalue weighted by atomic mass is 16.5. The van der Waals surface area contributed by atoms with E-state index in [0.29, 0.717) is 18.8 Å². The Kier molecular flexibility index (Phi) is 2.67. The molecule has 0 aromatic heterocycles. The number of cyclic esters (lactones) is 1. The summed E-state index contributed by atoms with van der Waals surface area (Å²) in [7, 11) is 0. The monoisotopic (exact) mass is 205 g/mol. The molecule has 0 radical (unpaired) electrons. The van der Waals surface area contributed by atoms with Gasteiger partial charge in [0.25, 0.3) is 0 Å². The second kappa shape index (κ2) is 4.13. The van der Waals surface area contributed by atoms with Gasteiger partial charge in [-0.05, 0) is 19.1 Å². The number of carbonyl (C=O) groups excluding carboxylic acids is 1.